The summed E-state index contributed by atoms with van der Waals surface area (Å²) in [5.41, 5.74) is 2.20. The van der Waals surface area contributed by atoms with Crippen LogP contribution in [0.2, 0.25) is 0 Å². The van der Waals surface area contributed by atoms with Crippen LogP contribution < -0.4 is 9.80 Å². The third kappa shape index (κ3) is 3.30. The summed E-state index contributed by atoms with van der Waals surface area (Å²) in [6.07, 6.45) is 2.53. The molecule has 2 aromatic heterocycles. The number of anilines is 2. The Morgan fingerprint density at radius 3 is 2.24 bits per heavy atom. The van der Waals surface area contributed by atoms with E-state index in [1.165, 1.54) is 12.8 Å². The molecule has 132 valence electrons. The number of nitrogens with zero attached hydrogens (tertiary/aromatic N) is 6. The minimum Gasteiger partial charge on any atom is -0.352 e. The Hall–Kier alpha value is -2.24. The van der Waals surface area contributed by atoms with Crippen LogP contribution in [0.1, 0.15) is 50.9 Å². The van der Waals surface area contributed by atoms with Gasteiger partial charge in [-0.15, -0.1) is 10.2 Å². The molecule has 3 heterocycles. The third-order valence-electron chi connectivity index (χ3n) is 5.18. The molecule has 0 amide bonds. The van der Waals surface area contributed by atoms with Gasteiger partial charge in [0.2, 0.25) is 0 Å². The molecule has 2 fully saturated rings. The zero-order valence-electron chi connectivity index (χ0n) is 15.5. The highest BCUT2D eigenvalue weighted by Gasteiger charge is 2.33. The van der Waals surface area contributed by atoms with Crippen molar-refractivity contribution < 1.29 is 0 Å². The van der Waals surface area contributed by atoms with Gasteiger partial charge in [-0.05, 0) is 37.1 Å². The van der Waals surface area contributed by atoms with E-state index in [1.54, 1.807) is 0 Å². The Labute approximate surface area is 149 Å². The van der Waals surface area contributed by atoms with Crippen molar-refractivity contribution in [3.8, 4) is 0 Å². The van der Waals surface area contributed by atoms with E-state index in [2.05, 4.69) is 82.3 Å². The van der Waals surface area contributed by atoms with Gasteiger partial charge in [-0.3, -0.25) is 0 Å². The Bertz CT molecular complexity index is 724. The zero-order chi connectivity index (χ0) is 17.6. The molecule has 0 radical (unpaired) electrons. The molecule has 0 spiro atoms. The fourth-order valence-corrected chi connectivity index (χ4v) is 3.09. The molecule has 0 unspecified atom stereocenters. The molecule has 2 aliphatic rings. The summed E-state index contributed by atoms with van der Waals surface area (Å²) < 4.78 is 0. The average molecular weight is 338 g/mol. The van der Waals surface area contributed by atoms with Gasteiger partial charge in [0, 0.05) is 31.5 Å². The lowest BCUT2D eigenvalue weighted by Gasteiger charge is -2.44. The maximum absolute atomic E-state index is 4.41. The van der Waals surface area contributed by atoms with E-state index < -0.39 is 0 Å². The Morgan fingerprint density at radius 1 is 0.960 bits per heavy atom. The van der Waals surface area contributed by atoms with Gasteiger partial charge in [0.05, 0.1) is 17.4 Å². The van der Waals surface area contributed by atoms with Crippen molar-refractivity contribution in [2.24, 2.45) is 0 Å². The molecule has 25 heavy (non-hydrogen) atoms. The van der Waals surface area contributed by atoms with Crippen molar-refractivity contribution >= 4 is 11.6 Å². The van der Waals surface area contributed by atoms with Crippen LogP contribution in [0.15, 0.2) is 24.3 Å². The first-order valence-electron chi connectivity index (χ1n) is 9.07. The highest BCUT2D eigenvalue weighted by atomic mass is 15.4. The van der Waals surface area contributed by atoms with Crippen molar-refractivity contribution in [3.05, 3.63) is 35.7 Å². The predicted molar refractivity (Wildman–Crippen MR) is 99.1 cm³/mol. The molecule has 1 aliphatic heterocycles. The Morgan fingerprint density at radius 2 is 1.72 bits per heavy atom. The molecule has 2 aromatic rings. The quantitative estimate of drug-likeness (QED) is 0.854. The molecule has 0 N–H and O–H groups in total. The number of hydrogen-bond acceptors (Lipinski definition) is 6. The van der Waals surface area contributed by atoms with Gasteiger partial charge in [0.15, 0.2) is 11.6 Å². The lowest BCUT2D eigenvalue weighted by atomic mass is 9.92. The summed E-state index contributed by atoms with van der Waals surface area (Å²) in [6, 6.07) is 8.82. The number of hydrogen-bond donors (Lipinski definition) is 0. The lowest BCUT2D eigenvalue weighted by Crippen LogP contribution is -2.59. The van der Waals surface area contributed by atoms with Gasteiger partial charge in [-0.2, -0.15) is 10.2 Å². The van der Waals surface area contributed by atoms with Crippen LogP contribution in [0.5, 0.6) is 0 Å². The molecule has 1 aliphatic carbocycles. The molecule has 1 saturated heterocycles. The van der Waals surface area contributed by atoms with E-state index in [-0.39, 0.29) is 5.41 Å². The molecule has 6 heteroatoms. The van der Waals surface area contributed by atoms with Crippen molar-refractivity contribution in [2.75, 3.05) is 29.9 Å². The van der Waals surface area contributed by atoms with E-state index in [9.17, 15) is 0 Å². The molecule has 0 bridgehead atoms. The first-order valence-corrected chi connectivity index (χ1v) is 9.07. The SMILES string of the molecule is CN(c1ccc(C(C)(C)C)nn1)C1CN(c2ccc(C3CC3)nn2)C1. The lowest BCUT2D eigenvalue weighted by molar-refractivity contribution is 0.484. The van der Waals surface area contributed by atoms with E-state index >= 15 is 0 Å². The van der Waals surface area contributed by atoms with Crippen LogP contribution in [0.25, 0.3) is 0 Å². The Balaban J connectivity index is 1.36. The van der Waals surface area contributed by atoms with Crippen LogP contribution in [-0.2, 0) is 5.41 Å². The second-order valence-corrected chi connectivity index (χ2v) is 8.29. The van der Waals surface area contributed by atoms with Crippen LogP contribution >= 0.6 is 0 Å². The molecule has 1 saturated carbocycles. The minimum atomic E-state index is 0.0304. The molecular formula is C19H26N6. The van der Waals surface area contributed by atoms with Gasteiger partial charge in [0.1, 0.15) is 0 Å². The van der Waals surface area contributed by atoms with Crippen LogP contribution in [0.4, 0.5) is 11.6 Å². The largest absolute Gasteiger partial charge is 0.352 e. The average Bonchev–Trinajstić information content (AvgIpc) is 3.38. The molecular weight excluding hydrogens is 312 g/mol. The van der Waals surface area contributed by atoms with E-state index in [0.29, 0.717) is 12.0 Å². The van der Waals surface area contributed by atoms with Gasteiger partial charge >= 0.3 is 0 Å². The number of aromatic nitrogens is 4. The van der Waals surface area contributed by atoms with Crippen molar-refractivity contribution in [1.82, 2.24) is 20.4 Å². The van der Waals surface area contributed by atoms with Crippen molar-refractivity contribution in [2.45, 2.75) is 51.0 Å². The third-order valence-corrected chi connectivity index (χ3v) is 5.18. The molecule has 0 atom stereocenters. The highest BCUT2D eigenvalue weighted by Crippen LogP contribution is 2.39. The fourth-order valence-electron chi connectivity index (χ4n) is 3.09. The maximum atomic E-state index is 4.41. The highest BCUT2D eigenvalue weighted by molar-refractivity contribution is 5.47. The van der Waals surface area contributed by atoms with E-state index in [1.807, 2.05) is 0 Å². The predicted octanol–water partition coefficient (Wildman–Crippen LogP) is 2.77. The zero-order valence-corrected chi connectivity index (χ0v) is 15.5. The summed E-state index contributed by atoms with van der Waals surface area (Å²) in [5.74, 6) is 2.56. The van der Waals surface area contributed by atoms with Crippen LogP contribution in [-0.4, -0.2) is 46.6 Å². The van der Waals surface area contributed by atoms with Gasteiger partial charge in [0.25, 0.3) is 0 Å². The summed E-state index contributed by atoms with van der Waals surface area (Å²) in [7, 11) is 2.09. The van der Waals surface area contributed by atoms with Gasteiger partial charge in [-0.25, -0.2) is 0 Å². The normalized spacial score (nSPS) is 18.2. The van der Waals surface area contributed by atoms with Gasteiger partial charge in [-0.1, -0.05) is 20.8 Å². The van der Waals surface area contributed by atoms with E-state index in [4.69, 9.17) is 0 Å². The first-order chi connectivity index (χ1) is 11.9. The number of likely N-dealkylation sites (N-methyl/N-ethyl adjacent to an activating group) is 1. The molecule has 0 aromatic carbocycles. The monoisotopic (exact) mass is 338 g/mol. The first kappa shape index (κ1) is 16.2. The fraction of sp³-hybridized carbons (Fsp3) is 0.579. The molecule has 6 nitrogen and oxygen atoms in total. The van der Waals surface area contributed by atoms with E-state index in [0.717, 1.165) is 36.1 Å². The van der Waals surface area contributed by atoms with Crippen molar-refractivity contribution in [1.29, 1.82) is 0 Å². The van der Waals surface area contributed by atoms with Gasteiger partial charge < -0.3 is 9.80 Å². The summed E-state index contributed by atoms with van der Waals surface area (Å²) >= 11 is 0. The topological polar surface area (TPSA) is 58.0 Å². The summed E-state index contributed by atoms with van der Waals surface area (Å²) in [5, 5.41) is 17.6. The van der Waals surface area contributed by atoms with Crippen molar-refractivity contribution in [3.63, 3.8) is 0 Å². The minimum absolute atomic E-state index is 0.0304. The second-order valence-electron chi connectivity index (χ2n) is 8.29. The smallest absolute Gasteiger partial charge is 0.151 e. The second kappa shape index (κ2) is 5.93. The standard InChI is InChI=1S/C19H26N6/c1-19(2,3)16-8-10-17(22-21-16)24(4)14-11-25(12-14)18-9-7-15(20-23-18)13-5-6-13/h7-10,13-14H,5-6,11-12H2,1-4H3. The molecule has 4 rings (SSSR count). The summed E-state index contributed by atoms with van der Waals surface area (Å²) in [6.45, 7) is 8.34. The van der Waals surface area contributed by atoms with Crippen LogP contribution in [0.3, 0.4) is 0 Å². The van der Waals surface area contributed by atoms with Crippen LogP contribution in [0, 0.1) is 0 Å². The Kier molecular flexibility index (Phi) is 3.85. The summed E-state index contributed by atoms with van der Waals surface area (Å²) in [4.78, 5) is 4.48. The number of rotatable bonds is 4. The maximum Gasteiger partial charge on any atom is 0.151 e.